The van der Waals surface area contributed by atoms with Crippen molar-refractivity contribution in [3.63, 3.8) is 0 Å². The lowest BCUT2D eigenvalue weighted by atomic mass is 9.87. The largest absolute Gasteiger partial charge is 0.450 e. The molecule has 0 bridgehead atoms. The Kier molecular flexibility index (Phi) is 2.87. The zero-order valence-electron chi connectivity index (χ0n) is 9.65. The molecule has 1 aromatic heterocycles. The van der Waals surface area contributed by atoms with E-state index in [0.29, 0.717) is 11.3 Å². The molecule has 2 aromatic rings. The predicted molar refractivity (Wildman–Crippen MR) is 72.4 cm³/mol. The van der Waals surface area contributed by atoms with Crippen LogP contribution in [0.5, 0.6) is 0 Å². The van der Waals surface area contributed by atoms with E-state index in [2.05, 4.69) is 21.2 Å². The monoisotopic (exact) mass is 308 g/mol. The molecule has 1 heterocycles. The van der Waals surface area contributed by atoms with Gasteiger partial charge in [0.15, 0.2) is 5.76 Å². The number of halogens is 1. The Morgan fingerprint density at radius 1 is 1.44 bits per heavy atom. The van der Waals surface area contributed by atoms with Crippen LogP contribution in [0.25, 0.3) is 11.0 Å². The summed E-state index contributed by atoms with van der Waals surface area (Å²) in [6.07, 6.45) is 1.69. The van der Waals surface area contributed by atoms with Crippen LogP contribution < -0.4 is 11.1 Å². The van der Waals surface area contributed by atoms with Crippen LogP contribution in [0.3, 0.4) is 0 Å². The molecule has 18 heavy (non-hydrogen) atoms. The third kappa shape index (κ3) is 2.04. The van der Waals surface area contributed by atoms with Gasteiger partial charge in [0.05, 0.1) is 4.47 Å². The molecule has 4 nitrogen and oxygen atoms in total. The lowest BCUT2D eigenvalue weighted by Gasteiger charge is -2.32. The van der Waals surface area contributed by atoms with Crippen LogP contribution in [0.1, 0.15) is 23.4 Å². The van der Waals surface area contributed by atoms with Crippen LogP contribution >= 0.6 is 15.9 Å². The van der Waals surface area contributed by atoms with E-state index in [1.165, 1.54) is 0 Å². The van der Waals surface area contributed by atoms with E-state index in [0.717, 1.165) is 22.7 Å². The van der Waals surface area contributed by atoms with Crippen molar-refractivity contribution in [2.75, 3.05) is 0 Å². The predicted octanol–water partition coefficient (Wildman–Crippen LogP) is 2.41. The summed E-state index contributed by atoms with van der Waals surface area (Å²) in [6.45, 7) is 0. The molecule has 3 rings (SSSR count). The average Bonchev–Trinajstić information content (AvgIpc) is 2.72. The molecule has 0 unspecified atom stereocenters. The van der Waals surface area contributed by atoms with Crippen molar-refractivity contribution in [1.29, 1.82) is 0 Å². The Balaban J connectivity index is 1.81. The average molecular weight is 309 g/mol. The molecular formula is C13H13BrN2O2. The van der Waals surface area contributed by atoms with Crippen molar-refractivity contribution >= 4 is 32.8 Å². The van der Waals surface area contributed by atoms with Crippen LogP contribution in [0.15, 0.2) is 33.2 Å². The van der Waals surface area contributed by atoms with E-state index in [9.17, 15) is 4.79 Å². The van der Waals surface area contributed by atoms with E-state index < -0.39 is 0 Å². The Morgan fingerprint density at radius 2 is 2.22 bits per heavy atom. The first-order valence-corrected chi connectivity index (χ1v) is 6.67. The summed E-state index contributed by atoms with van der Waals surface area (Å²) in [5, 5.41) is 3.83. The maximum absolute atomic E-state index is 12.0. The molecule has 0 atom stereocenters. The van der Waals surface area contributed by atoms with Crippen LogP contribution in [0.4, 0.5) is 0 Å². The maximum Gasteiger partial charge on any atom is 0.287 e. The van der Waals surface area contributed by atoms with Gasteiger partial charge in [-0.15, -0.1) is 0 Å². The second kappa shape index (κ2) is 4.40. The molecule has 0 radical (unpaired) electrons. The van der Waals surface area contributed by atoms with Gasteiger partial charge < -0.3 is 15.5 Å². The Bertz CT molecular complexity index is 602. The molecule has 1 saturated carbocycles. The van der Waals surface area contributed by atoms with Crippen LogP contribution in [0.2, 0.25) is 0 Å². The second-order valence-electron chi connectivity index (χ2n) is 4.67. The van der Waals surface area contributed by atoms with Crippen LogP contribution in [-0.2, 0) is 0 Å². The van der Waals surface area contributed by atoms with Gasteiger partial charge in [-0.3, -0.25) is 4.79 Å². The van der Waals surface area contributed by atoms with Crippen molar-refractivity contribution in [1.82, 2.24) is 5.32 Å². The van der Waals surface area contributed by atoms with Crippen molar-refractivity contribution < 1.29 is 9.21 Å². The van der Waals surface area contributed by atoms with Gasteiger partial charge in [-0.25, -0.2) is 0 Å². The quantitative estimate of drug-likeness (QED) is 0.895. The maximum atomic E-state index is 12.0. The number of rotatable bonds is 2. The molecule has 0 aliphatic heterocycles. The first kappa shape index (κ1) is 11.7. The van der Waals surface area contributed by atoms with Crippen molar-refractivity contribution in [3.8, 4) is 0 Å². The summed E-state index contributed by atoms with van der Waals surface area (Å²) in [7, 11) is 0. The highest BCUT2D eigenvalue weighted by Crippen LogP contribution is 2.27. The molecule has 1 aliphatic rings. The van der Waals surface area contributed by atoms with E-state index in [1.54, 1.807) is 6.07 Å². The molecule has 0 saturated heterocycles. The van der Waals surface area contributed by atoms with E-state index >= 15 is 0 Å². The third-order valence-electron chi connectivity index (χ3n) is 3.23. The number of benzene rings is 1. The number of hydrogen-bond donors (Lipinski definition) is 2. The lowest BCUT2D eigenvalue weighted by Crippen LogP contribution is -2.50. The van der Waals surface area contributed by atoms with Crippen molar-refractivity contribution in [3.05, 3.63) is 34.5 Å². The summed E-state index contributed by atoms with van der Waals surface area (Å²) in [5.74, 6) is 0.173. The summed E-state index contributed by atoms with van der Waals surface area (Å²) >= 11 is 3.40. The molecule has 1 aliphatic carbocycles. The van der Waals surface area contributed by atoms with Crippen molar-refractivity contribution in [2.24, 2.45) is 5.73 Å². The number of hydrogen-bond acceptors (Lipinski definition) is 3. The van der Waals surface area contributed by atoms with Gasteiger partial charge in [0.1, 0.15) is 5.58 Å². The zero-order valence-corrected chi connectivity index (χ0v) is 11.2. The number of furan rings is 1. The van der Waals surface area contributed by atoms with Gasteiger partial charge >= 0.3 is 0 Å². The summed E-state index contributed by atoms with van der Waals surface area (Å²) in [4.78, 5) is 12.0. The van der Waals surface area contributed by atoms with Gasteiger partial charge in [-0.2, -0.15) is 0 Å². The Morgan fingerprint density at radius 3 is 2.89 bits per heavy atom. The van der Waals surface area contributed by atoms with Crippen LogP contribution in [-0.4, -0.2) is 18.0 Å². The van der Waals surface area contributed by atoms with Gasteiger partial charge in [-0.05, 0) is 40.9 Å². The number of carbonyl (C=O) groups excluding carboxylic acids is 1. The van der Waals surface area contributed by atoms with E-state index in [-0.39, 0.29) is 18.0 Å². The molecular weight excluding hydrogens is 296 g/mol. The Hall–Kier alpha value is -1.33. The molecule has 5 heteroatoms. The second-order valence-corrected chi connectivity index (χ2v) is 5.53. The number of para-hydroxylation sites is 1. The molecule has 0 spiro atoms. The fourth-order valence-corrected chi connectivity index (χ4v) is 2.64. The molecule has 1 aromatic carbocycles. The van der Waals surface area contributed by atoms with Crippen LogP contribution in [0, 0.1) is 0 Å². The minimum absolute atomic E-state index is 0.171. The number of amides is 1. The van der Waals surface area contributed by atoms with Gasteiger partial charge in [0, 0.05) is 17.5 Å². The number of nitrogens with two attached hydrogens (primary N) is 1. The fraction of sp³-hybridized carbons (Fsp3) is 0.308. The Labute approximate surface area is 113 Å². The first-order chi connectivity index (χ1) is 8.63. The minimum atomic E-state index is -0.171. The first-order valence-electron chi connectivity index (χ1n) is 5.88. The van der Waals surface area contributed by atoms with Gasteiger partial charge in [0.2, 0.25) is 0 Å². The minimum Gasteiger partial charge on any atom is -0.450 e. The van der Waals surface area contributed by atoms with Gasteiger partial charge in [0.25, 0.3) is 5.91 Å². The molecule has 3 N–H and O–H groups in total. The third-order valence-corrected chi connectivity index (χ3v) is 3.85. The standard InChI is InChI=1S/C13H13BrN2O2/c14-10-3-1-2-7-4-11(18-12(7)10)13(17)16-9-5-8(15)6-9/h1-4,8-9H,5-6,15H2,(H,16,17). The SMILES string of the molecule is NC1CC(NC(=O)c2cc3cccc(Br)c3o2)C1. The lowest BCUT2D eigenvalue weighted by molar-refractivity contribution is 0.0884. The summed E-state index contributed by atoms with van der Waals surface area (Å²) < 4.78 is 6.42. The highest BCUT2D eigenvalue weighted by molar-refractivity contribution is 9.10. The summed E-state index contributed by atoms with van der Waals surface area (Å²) in [6, 6.07) is 7.88. The van der Waals surface area contributed by atoms with Crippen molar-refractivity contribution in [2.45, 2.75) is 24.9 Å². The zero-order chi connectivity index (χ0) is 12.7. The highest BCUT2D eigenvalue weighted by atomic mass is 79.9. The number of fused-ring (bicyclic) bond motifs is 1. The summed E-state index contributed by atoms with van der Waals surface area (Å²) in [5.41, 5.74) is 6.39. The smallest absolute Gasteiger partial charge is 0.287 e. The van der Waals surface area contributed by atoms with E-state index in [1.807, 2.05) is 18.2 Å². The molecule has 94 valence electrons. The number of nitrogens with one attached hydrogen (secondary N) is 1. The highest BCUT2D eigenvalue weighted by Gasteiger charge is 2.28. The normalized spacial score (nSPS) is 22.8. The molecule has 1 fully saturated rings. The molecule has 1 amide bonds. The topological polar surface area (TPSA) is 68.3 Å². The fourth-order valence-electron chi connectivity index (χ4n) is 2.18. The van der Waals surface area contributed by atoms with Gasteiger partial charge in [-0.1, -0.05) is 12.1 Å². The van der Waals surface area contributed by atoms with E-state index in [4.69, 9.17) is 10.2 Å². The number of carbonyl (C=O) groups is 1.